The van der Waals surface area contributed by atoms with E-state index in [4.69, 9.17) is 9.72 Å². The Balaban J connectivity index is 1.01. The van der Waals surface area contributed by atoms with Crippen molar-refractivity contribution >= 4 is 32.6 Å². The van der Waals surface area contributed by atoms with Gasteiger partial charge in [0.25, 0.3) is 0 Å². The second kappa shape index (κ2) is 10.5. The second-order valence-corrected chi connectivity index (χ2v) is 12.4. The standard InChI is InChI=1S/C45H28N2O/c1-2-9-30(10-3-1)45-46-40-14-5-6-15-41(40)47(45)35-23-21-29(22-24-35)31-17-18-33-28-34(20-19-32(33)27-31)36-25-26-43-44-38(36)12-8-13-39(44)37-11-4-7-16-42(37)48-43/h1-28H. The van der Waals surface area contributed by atoms with E-state index in [0.29, 0.717) is 0 Å². The molecular weight excluding hydrogens is 585 g/mol. The van der Waals surface area contributed by atoms with Crippen molar-refractivity contribution in [3.63, 3.8) is 0 Å². The Kier molecular flexibility index (Phi) is 5.87. The number of rotatable bonds is 4. The number of hydrogen-bond acceptors (Lipinski definition) is 2. The molecule has 1 aliphatic rings. The van der Waals surface area contributed by atoms with E-state index in [1.807, 2.05) is 24.3 Å². The molecule has 0 radical (unpaired) electrons. The molecule has 0 fully saturated rings. The van der Waals surface area contributed by atoms with Crippen LogP contribution in [0.4, 0.5) is 0 Å². The minimum Gasteiger partial charge on any atom is -0.456 e. The Bertz CT molecular complexity index is 2690. The van der Waals surface area contributed by atoms with Gasteiger partial charge >= 0.3 is 0 Å². The lowest BCUT2D eigenvalue weighted by Gasteiger charge is -2.22. The van der Waals surface area contributed by atoms with Crippen LogP contribution in [-0.4, -0.2) is 9.55 Å². The van der Waals surface area contributed by atoms with Crippen LogP contribution in [-0.2, 0) is 0 Å². The van der Waals surface area contributed by atoms with E-state index in [9.17, 15) is 0 Å². The van der Waals surface area contributed by atoms with Crippen molar-refractivity contribution in [1.82, 2.24) is 9.55 Å². The molecule has 2 heterocycles. The van der Waals surface area contributed by atoms with Gasteiger partial charge in [-0.2, -0.15) is 0 Å². The second-order valence-electron chi connectivity index (χ2n) is 12.4. The molecule has 3 heteroatoms. The summed E-state index contributed by atoms with van der Waals surface area (Å²) in [6.45, 7) is 0. The molecule has 0 aliphatic carbocycles. The molecular formula is C45H28N2O. The monoisotopic (exact) mass is 612 g/mol. The van der Waals surface area contributed by atoms with E-state index in [1.165, 1.54) is 49.4 Å². The van der Waals surface area contributed by atoms with Crippen molar-refractivity contribution in [1.29, 1.82) is 0 Å². The summed E-state index contributed by atoms with van der Waals surface area (Å²) in [6, 6.07) is 60.3. The number of imidazole rings is 1. The predicted molar refractivity (Wildman–Crippen MR) is 198 cm³/mol. The summed E-state index contributed by atoms with van der Waals surface area (Å²) >= 11 is 0. The summed E-state index contributed by atoms with van der Waals surface area (Å²) in [5.41, 5.74) is 11.4. The SMILES string of the molecule is c1ccc(-c2nc3ccccc3n2-c2ccc(-c3ccc4cc(-c5ccc6c7c(cccc57)-c5ccccc5O6)ccc4c3)cc2)cc1. The molecule has 0 amide bonds. The summed E-state index contributed by atoms with van der Waals surface area (Å²) in [5.74, 6) is 2.77. The summed E-state index contributed by atoms with van der Waals surface area (Å²) in [4.78, 5) is 5.00. The number of ether oxygens (including phenoxy) is 1. The zero-order valence-electron chi connectivity index (χ0n) is 26.0. The first-order valence-electron chi connectivity index (χ1n) is 16.3. The molecule has 0 N–H and O–H groups in total. The van der Waals surface area contributed by atoms with Crippen LogP contribution in [0.3, 0.4) is 0 Å². The average Bonchev–Trinajstić information content (AvgIpc) is 3.55. The van der Waals surface area contributed by atoms with Crippen molar-refractivity contribution in [3.8, 4) is 62.0 Å². The van der Waals surface area contributed by atoms with E-state index in [1.54, 1.807) is 0 Å². The zero-order chi connectivity index (χ0) is 31.6. The maximum Gasteiger partial charge on any atom is 0.145 e. The minimum absolute atomic E-state index is 0.911. The van der Waals surface area contributed by atoms with Gasteiger partial charge in [-0.05, 0) is 92.5 Å². The normalized spacial score (nSPS) is 11.9. The molecule has 0 unspecified atom stereocenters. The van der Waals surface area contributed by atoms with Crippen molar-refractivity contribution in [3.05, 3.63) is 170 Å². The Morgan fingerprint density at radius 2 is 1.15 bits per heavy atom. The third kappa shape index (κ3) is 4.18. The topological polar surface area (TPSA) is 27.1 Å². The van der Waals surface area contributed by atoms with Crippen LogP contribution in [0.25, 0.3) is 83.0 Å². The van der Waals surface area contributed by atoms with Crippen molar-refractivity contribution in [2.75, 3.05) is 0 Å². The minimum atomic E-state index is 0.911. The highest BCUT2D eigenvalue weighted by molar-refractivity contribution is 6.10. The number of aromatic nitrogens is 2. The summed E-state index contributed by atoms with van der Waals surface area (Å²) in [6.07, 6.45) is 0. The quantitative estimate of drug-likeness (QED) is 0.198. The smallest absolute Gasteiger partial charge is 0.145 e. The van der Waals surface area contributed by atoms with Crippen molar-refractivity contribution in [2.24, 2.45) is 0 Å². The third-order valence-corrected chi connectivity index (χ3v) is 9.60. The number of para-hydroxylation sites is 3. The first-order chi connectivity index (χ1) is 23.8. The van der Waals surface area contributed by atoms with Crippen LogP contribution >= 0.6 is 0 Å². The molecule has 0 saturated carbocycles. The third-order valence-electron chi connectivity index (χ3n) is 9.60. The molecule has 0 spiro atoms. The molecule has 10 rings (SSSR count). The highest BCUT2D eigenvalue weighted by Crippen LogP contribution is 2.48. The number of benzene rings is 8. The fourth-order valence-corrected chi connectivity index (χ4v) is 7.30. The highest BCUT2D eigenvalue weighted by Gasteiger charge is 2.21. The molecule has 8 aromatic carbocycles. The Morgan fingerprint density at radius 1 is 0.438 bits per heavy atom. The number of hydrogen-bond donors (Lipinski definition) is 0. The molecule has 0 saturated heterocycles. The van der Waals surface area contributed by atoms with E-state index in [-0.39, 0.29) is 0 Å². The summed E-state index contributed by atoms with van der Waals surface area (Å²) in [5, 5.41) is 4.81. The van der Waals surface area contributed by atoms with Crippen LogP contribution < -0.4 is 4.74 Å². The molecule has 9 aromatic rings. The Morgan fingerprint density at radius 3 is 2.02 bits per heavy atom. The molecule has 1 aromatic heterocycles. The van der Waals surface area contributed by atoms with Crippen LogP contribution in [0.15, 0.2) is 170 Å². The van der Waals surface area contributed by atoms with E-state index >= 15 is 0 Å². The van der Waals surface area contributed by atoms with Gasteiger partial charge in [0.05, 0.1) is 11.0 Å². The fourth-order valence-electron chi connectivity index (χ4n) is 7.30. The van der Waals surface area contributed by atoms with Crippen LogP contribution in [0, 0.1) is 0 Å². The van der Waals surface area contributed by atoms with Gasteiger partial charge in [0, 0.05) is 22.2 Å². The molecule has 3 nitrogen and oxygen atoms in total. The number of nitrogens with zero attached hydrogens (tertiary/aromatic N) is 2. The summed E-state index contributed by atoms with van der Waals surface area (Å²) in [7, 11) is 0. The van der Waals surface area contributed by atoms with Crippen molar-refractivity contribution < 1.29 is 4.74 Å². The molecule has 224 valence electrons. The van der Waals surface area contributed by atoms with E-state index < -0.39 is 0 Å². The average molecular weight is 613 g/mol. The lowest BCUT2D eigenvalue weighted by atomic mass is 9.90. The fraction of sp³-hybridized carbons (Fsp3) is 0. The Labute approximate surface area is 278 Å². The maximum absolute atomic E-state index is 6.33. The largest absolute Gasteiger partial charge is 0.456 e. The molecule has 0 bridgehead atoms. The predicted octanol–water partition coefficient (Wildman–Crippen LogP) is 12.1. The van der Waals surface area contributed by atoms with Gasteiger partial charge < -0.3 is 4.74 Å². The maximum atomic E-state index is 6.33. The van der Waals surface area contributed by atoms with Gasteiger partial charge in [-0.3, -0.25) is 4.57 Å². The van der Waals surface area contributed by atoms with E-state index in [0.717, 1.165) is 45.2 Å². The van der Waals surface area contributed by atoms with E-state index in [2.05, 4.69) is 150 Å². The van der Waals surface area contributed by atoms with Gasteiger partial charge in [0.1, 0.15) is 17.3 Å². The van der Waals surface area contributed by atoms with Crippen molar-refractivity contribution in [2.45, 2.75) is 0 Å². The first kappa shape index (κ1) is 26.7. The lowest BCUT2D eigenvalue weighted by molar-refractivity contribution is 0.487. The van der Waals surface area contributed by atoms with Gasteiger partial charge in [-0.15, -0.1) is 0 Å². The van der Waals surface area contributed by atoms with Gasteiger partial charge in [-0.25, -0.2) is 4.98 Å². The Hall–Kier alpha value is -6.45. The summed E-state index contributed by atoms with van der Waals surface area (Å²) < 4.78 is 8.59. The van der Waals surface area contributed by atoms with Crippen LogP contribution in [0.5, 0.6) is 11.5 Å². The van der Waals surface area contributed by atoms with Crippen LogP contribution in [0.2, 0.25) is 0 Å². The molecule has 48 heavy (non-hydrogen) atoms. The zero-order valence-corrected chi connectivity index (χ0v) is 26.0. The first-order valence-corrected chi connectivity index (χ1v) is 16.3. The highest BCUT2D eigenvalue weighted by atomic mass is 16.5. The van der Waals surface area contributed by atoms with Gasteiger partial charge in [0.15, 0.2) is 0 Å². The van der Waals surface area contributed by atoms with Gasteiger partial charge in [0.2, 0.25) is 0 Å². The van der Waals surface area contributed by atoms with Gasteiger partial charge in [-0.1, -0.05) is 121 Å². The number of fused-ring (bicyclic) bond motifs is 4. The van der Waals surface area contributed by atoms with Crippen LogP contribution in [0.1, 0.15) is 0 Å². The molecule has 1 aliphatic heterocycles. The molecule has 0 atom stereocenters. The lowest BCUT2D eigenvalue weighted by Crippen LogP contribution is -1.97.